The third-order valence-electron chi connectivity index (χ3n) is 7.02. The molecule has 3 N–H and O–H groups in total. The maximum absolute atomic E-state index is 12.4. The molecule has 46 heavy (non-hydrogen) atoms. The van der Waals surface area contributed by atoms with Crippen molar-refractivity contribution in [3.63, 3.8) is 0 Å². The van der Waals surface area contributed by atoms with E-state index >= 15 is 0 Å². The molecule has 0 bridgehead atoms. The van der Waals surface area contributed by atoms with E-state index in [1.165, 1.54) is 30.0 Å². The average molecular weight is 665 g/mol. The van der Waals surface area contributed by atoms with E-state index in [1.807, 2.05) is 48.1 Å². The van der Waals surface area contributed by atoms with Gasteiger partial charge in [0.25, 0.3) is 5.95 Å². The lowest BCUT2D eigenvalue weighted by Crippen LogP contribution is -2.12. The first kappa shape index (κ1) is 34.6. The van der Waals surface area contributed by atoms with Gasteiger partial charge in [-0.05, 0) is 85.3 Å². The van der Waals surface area contributed by atoms with E-state index < -0.39 is 23.6 Å². The Hall–Kier alpha value is -4.32. The van der Waals surface area contributed by atoms with Crippen LogP contribution in [0.25, 0.3) is 11.0 Å². The number of carbonyl (C=O) groups excluding carboxylic acids is 1. The smallest absolute Gasteiger partial charge is 0.507 e. The number of phenols is 1. The second-order valence-electron chi connectivity index (χ2n) is 10.4. The Labute approximate surface area is 274 Å². The maximum Gasteiger partial charge on any atom is 0.513 e. The number of hydrogen-bond donors (Lipinski definition) is 3. The van der Waals surface area contributed by atoms with Crippen LogP contribution in [-0.4, -0.2) is 39.1 Å². The van der Waals surface area contributed by atoms with Crippen LogP contribution >= 0.6 is 23.1 Å². The number of phenolic OH excluding ortho intramolecular Hbond substituents is 1. The van der Waals surface area contributed by atoms with Crippen molar-refractivity contribution >= 4 is 46.0 Å². The number of ether oxygens (including phenoxy) is 2. The van der Waals surface area contributed by atoms with E-state index in [0.717, 1.165) is 37.3 Å². The number of carboxylic acid groups (broad SMARTS) is 1. The van der Waals surface area contributed by atoms with Crippen LogP contribution in [0.4, 0.5) is 4.79 Å². The van der Waals surface area contributed by atoms with Gasteiger partial charge in [0.1, 0.15) is 17.1 Å². The van der Waals surface area contributed by atoms with Gasteiger partial charge in [0.05, 0.1) is 35.0 Å². The molecule has 0 radical (unpaired) electrons. The van der Waals surface area contributed by atoms with E-state index in [2.05, 4.69) is 4.74 Å². The quantitative estimate of drug-likeness (QED) is 0.0352. The first-order valence-corrected chi connectivity index (χ1v) is 16.7. The highest BCUT2D eigenvalue weighted by Gasteiger charge is 2.21. The van der Waals surface area contributed by atoms with Gasteiger partial charge in [-0.1, -0.05) is 37.6 Å². The Morgan fingerprint density at radius 3 is 2.65 bits per heavy atom. The molecule has 0 spiro atoms. The number of benzene rings is 2. The zero-order chi connectivity index (χ0) is 33.1. The zero-order valence-corrected chi connectivity index (χ0v) is 27.1. The van der Waals surface area contributed by atoms with Crippen molar-refractivity contribution in [3.05, 3.63) is 104 Å². The number of fused-ring (bicyclic) bond motifs is 1. The number of Topliss-reactive ketones (excluding diaryl/α,β-unsaturated/α-hetero) is 1. The summed E-state index contributed by atoms with van der Waals surface area (Å²) in [7, 11) is 0. The first-order chi connectivity index (χ1) is 22.2. The van der Waals surface area contributed by atoms with Crippen LogP contribution < -0.4 is 14.9 Å². The summed E-state index contributed by atoms with van der Waals surface area (Å²) in [5.74, 6) is 0.0229. The van der Waals surface area contributed by atoms with Gasteiger partial charge in [0.15, 0.2) is 11.2 Å². The molecule has 0 aliphatic heterocycles. The van der Waals surface area contributed by atoms with Crippen molar-refractivity contribution in [1.82, 2.24) is 0 Å². The van der Waals surface area contributed by atoms with Gasteiger partial charge in [-0.25, -0.2) is 4.79 Å². The van der Waals surface area contributed by atoms with Crippen LogP contribution in [0.2, 0.25) is 0 Å². The van der Waals surface area contributed by atoms with Gasteiger partial charge in [-0.15, -0.1) is 11.8 Å². The molecule has 2 aromatic carbocycles. The number of thiophene rings is 1. The number of aromatic hydroxyl groups is 1. The van der Waals surface area contributed by atoms with Gasteiger partial charge in [0, 0.05) is 10.5 Å². The highest BCUT2D eigenvalue weighted by Crippen LogP contribution is 2.36. The van der Waals surface area contributed by atoms with Crippen LogP contribution in [0.1, 0.15) is 67.1 Å². The fourth-order valence-corrected chi connectivity index (χ4v) is 6.53. The zero-order valence-electron chi connectivity index (χ0n) is 25.5. The molecule has 2 aromatic heterocycles. The van der Waals surface area contributed by atoms with E-state index in [1.54, 1.807) is 30.3 Å². The lowest BCUT2D eigenvalue weighted by molar-refractivity contribution is 0.101. The fourth-order valence-electron chi connectivity index (χ4n) is 4.75. The molecule has 0 aliphatic carbocycles. The fraction of sp³-hybridized carbons (Fsp3) is 0.286. The molecular weight excluding hydrogens is 629 g/mol. The molecule has 2 heterocycles. The van der Waals surface area contributed by atoms with Crippen molar-refractivity contribution in [2.24, 2.45) is 0 Å². The lowest BCUT2D eigenvalue weighted by Gasteiger charge is -2.19. The Bertz CT molecular complexity index is 1760. The summed E-state index contributed by atoms with van der Waals surface area (Å²) in [4.78, 5) is 35.8. The van der Waals surface area contributed by atoms with Gasteiger partial charge < -0.3 is 29.2 Å². The van der Waals surface area contributed by atoms with Gasteiger partial charge in [0.2, 0.25) is 0 Å². The lowest BCUT2D eigenvalue weighted by atomic mass is 10.0. The number of ketones is 1. The Kier molecular flexibility index (Phi) is 12.6. The van der Waals surface area contributed by atoms with E-state index in [-0.39, 0.29) is 27.8 Å². The molecule has 0 saturated carbocycles. The average Bonchev–Trinajstić information content (AvgIpc) is 3.55. The number of hydrogen-bond acceptors (Lipinski definition) is 10. The summed E-state index contributed by atoms with van der Waals surface area (Å²) in [6.07, 6.45) is 9.33. The summed E-state index contributed by atoms with van der Waals surface area (Å²) in [5.41, 5.74) is 1.51. The molecule has 242 valence electrons. The van der Waals surface area contributed by atoms with Gasteiger partial charge >= 0.3 is 6.16 Å². The highest BCUT2D eigenvalue weighted by molar-refractivity contribution is 8.00. The first-order valence-electron chi connectivity index (χ1n) is 14.8. The largest absolute Gasteiger partial charge is 0.513 e. The van der Waals surface area contributed by atoms with E-state index in [4.69, 9.17) is 14.3 Å². The van der Waals surface area contributed by atoms with Crippen molar-refractivity contribution in [3.8, 4) is 17.4 Å². The summed E-state index contributed by atoms with van der Waals surface area (Å²) >= 11 is 2.87. The molecule has 0 amide bonds. The van der Waals surface area contributed by atoms with Crippen LogP contribution in [0.3, 0.4) is 0 Å². The molecule has 2 atom stereocenters. The number of unbranched alkanes of at least 4 members (excludes halogenated alkanes) is 2. The molecule has 11 heteroatoms. The normalized spacial score (nSPS) is 12.9. The number of rotatable bonds is 16. The minimum absolute atomic E-state index is 0.00819. The van der Waals surface area contributed by atoms with Crippen LogP contribution in [0.5, 0.6) is 17.4 Å². The second-order valence-corrected chi connectivity index (χ2v) is 12.5. The summed E-state index contributed by atoms with van der Waals surface area (Å²) in [6.45, 7) is 3.93. The number of aliphatic hydroxyl groups is 1. The van der Waals surface area contributed by atoms with Gasteiger partial charge in [-0.2, -0.15) is 11.3 Å². The predicted molar refractivity (Wildman–Crippen MR) is 180 cm³/mol. The van der Waals surface area contributed by atoms with Crippen LogP contribution in [0, 0.1) is 0 Å². The Morgan fingerprint density at radius 1 is 1.11 bits per heavy atom. The number of allylic oxidation sites excluding steroid dienone is 3. The van der Waals surface area contributed by atoms with Crippen LogP contribution in [-0.2, 0) is 6.42 Å². The third kappa shape index (κ3) is 9.35. The molecule has 0 fully saturated rings. The molecule has 4 rings (SSSR count). The number of carbonyl (C=O) groups is 2. The van der Waals surface area contributed by atoms with E-state index in [0.29, 0.717) is 34.8 Å². The minimum atomic E-state index is -1.59. The Morgan fingerprint density at radius 2 is 1.93 bits per heavy atom. The molecule has 9 nitrogen and oxygen atoms in total. The third-order valence-corrected chi connectivity index (χ3v) is 8.94. The monoisotopic (exact) mass is 664 g/mol. The molecular formula is C35H36O9S2. The maximum atomic E-state index is 12.4. The summed E-state index contributed by atoms with van der Waals surface area (Å²) in [5, 5.41) is 34.2. The summed E-state index contributed by atoms with van der Waals surface area (Å²) in [6, 6.07) is 11.2. The standard InChI is InChI=1S/C35H36O9S2/c1-3-10-27-29(15-14-25(22(2)36)34(27)39)42-17-9-7-5-4-6-8-11-31(33(38)23-16-18-45-21-23)46-24-12-13-26-28(37)20-32(44-35(40)41)43-30(26)19-24/h4,6,8,11-16,18-21,31,33,38-39H,3,5,7,9-10,17H2,1-2H3,(H,40,41)/b6-4-,11-8+. The SMILES string of the molecule is CCCc1c(OCCCC/C=C\C=C\C(Sc2ccc3c(=O)cc(OC(=O)O)oc3c2)C(O)c2ccsc2)ccc(C(C)=O)c1O. The van der Waals surface area contributed by atoms with Crippen molar-refractivity contribution in [1.29, 1.82) is 0 Å². The molecule has 0 saturated heterocycles. The molecule has 2 unspecified atom stereocenters. The topological polar surface area (TPSA) is 144 Å². The summed E-state index contributed by atoms with van der Waals surface area (Å²) < 4.78 is 16.0. The van der Waals surface area contributed by atoms with E-state index in [9.17, 15) is 24.6 Å². The second kappa shape index (κ2) is 16.8. The van der Waals surface area contributed by atoms with Crippen molar-refractivity contribution in [2.45, 2.75) is 62.2 Å². The van der Waals surface area contributed by atoms with Crippen molar-refractivity contribution < 1.29 is 38.8 Å². The number of aliphatic hydroxyl groups excluding tert-OH is 1. The van der Waals surface area contributed by atoms with Gasteiger partial charge in [-0.3, -0.25) is 9.59 Å². The minimum Gasteiger partial charge on any atom is -0.507 e. The molecule has 0 aliphatic rings. The van der Waals surface area contributed by atoms with Crippen LogP contribution in [0.15, 0.2) is 91.6 Å². The highest BCUT2D eigenvalue weighted by atomic mass is 32.2. The number of thioether (sulfide) groups is 1. The predicted octanol–water partition coefficient (Wildman–Crippen LogP) is 8.33. The van der Waals surface area contributed by atoms with Crippen molar-refractivity contribution in [2.75, 3.05) is 6.61 Å². The Balaban J connectivity index is 1.35. The molecule has 4 aromatic rings.